The minimum absolute atomic E-state index is 0.153. The molecule has 7 heteroatoms. The molecule has 1 amide bonds. The van der Waals surface area contributed by atoms with Gasteiger partial charge in [-0.1, -0.05) is 6.07 Å². The first-order valence-corrected chi connectivity index (χ1v) is 9.92. The van der Waals surface area contributed by atoms with Gasteiger partial charge in [-0.3, -0.25) is 9.59 Å². The zero-order valence-corrected chi connectivity index (χ0v) is 16.3. The van der Waals surface area contributed by atoms with Crippen molar-refractivity contribution in [1.29, 1.82) is 0 Å². The summed E-state index contributed by atoms with van der Waals surface area (Å²) in [4.78, 5) is 36.2. The Bertz CT molecular complexity index is 879. The first-order valence-electron chi connectivity index (χ1n) is 8.93. The number of carbonyl (C=O) groups excluding carboxylic acids is 3. The highest BCUT2D eigenvalue weighted by molar-refractivity contribution is 8.00. The number of ether oxygens (including phenoxy) is 2. The van der Waals surface area contributed by atoms with Gasteiger partial charge >= 0.3 is 11.9 Å². The van der Waals surface area contributed by atoms with E-state index < -0.39 is 17.8 Å². The molecule has 0 atom stereocenters. The van der Waals surface area contributed by atoms with Crippen molar-refractivity contribution >= 4 is 35.3 Å². The zero-order chi connectivity index (χ0) is 19.9. The topological polar surface area (TPSA) is 81.7 Å². The summed E-state index contributed by atoms with van der Waals surface area (Å²) in [7, 11) is 1.30. The van der Waals surface area contributed by atoms with Gasteiger partial charge < -0.3 is 14.8 Å². The van der Waals surface area contributed by atoms with Crippen LogP contribution >= 0.6 is 11.8 Å². The van der Waals surface area contributed by atoms with Crippen LogP contribution < -0.4 is 5.32 Å². The van der Waals surface area contributed by atoms with E-state index in [4.69, 9.17) is 4.74 Å². The lowest BCUT2D eigenvalue weighted by molar-refractivity contribution is -0.144. The Morgan fingerprint density at radius 2 is 1.79 bits per heavy atom. The molecule has 0 saturated carbocycles. The van der Waals surface area contributed by atoms with Crippen molar-refractivity contribution in [2.75, 3.05) is 24.8 Å². The average Bonchev–Trinajstić information content (AvgIpc) is 3.18. The molecule has 0 heterocycles. The molecule has 0 bridgehead atoms. The van der Waals surface area contributed by atoms with Crippen molar-refractivity contribution in [3.8, 4) is 0 Å². The Morgan fingerprint density at radius 3 is 2.54 bits per heavy atom. The molecule has 146 valence electrons. The number of nitrogens with one attached hydrogen (secondary N) is 1. The van der Waals surface area contributed by atoms with Gasteiger partial charge in [0, 0.05) is 10.6 Å². The third-order valence-corrected chi connectivity index (χ3v) is 5.35. The van der Waals surface area contributed by atoms with Gasteiger partial charge in [-0.25, -0.2) is 4.79 Å². The van der Waals surface area contributed by atoms with Crippen molar-refractivity contribution in [3.05, 3.63) is 59.2 Å². The Labute approximate surface area is 167 Å². The lowest BCUT2D eigenvalue weighted by Crippen LogP contribution is -2.21. The summed E-state index contributed by atoms with van der Waals surface area (Å²) in [6, 6.07) is 12.5. The summed E-state index contributed by atoms with van der Waals surface area (Å²) >= 11 is 1.41. The molecule has 2 aromatic rings. The highest BCUT2D eigenvalue weighted by Crippen LogP contribution is 2.27. The van der Waals surface area contributed by atoms with E-state index in [1.807, 2.05) is 6.07 Å². The van der Waals surface area contributed by atoms with Crippen molar-refractivity contribution in [1.82, 2.24) is 0 Å². The number of rotatable bonds is 7. The lowest BCUT2D eigenvalue weighted by Gasteiger charge is -2.08. The van der Waals surface area contributed by atoms with Crippen molar-refractivity contribution in [2.24, 2.45) is 0 Å². The van der Waals surface area contributed by atoms with E-state index >= 15 is 0 Å². The number of thioether (sulfide) groups is 1. The Balaban J connectivity index is 1.40. The smallest absolute Gasteiger partial charge is 0.337 e. The second-order valence-corrected chi connectivity index (χ2v) is 7.40. The maximum absolute atomic E-state index is 11.9. The Morgan fingerprint density at radius 1 is 1.04 bits per heavy atom. The third-order valence-electron chi connectivity index (χ3n) is 4.38. The lowest BCUT2D eigenvalue weighted by atomic mass is 10.1. The number of aryl methyl sites for hydroxylation is 2. The van der Waals surface area contributed by atoms with Crippen LogP contribution in [0.1, 0.15) is 27.9 Å². The van der Waals surface area contributed by atoms with Crippen molar-refractivity contribution in [3.63, 3.8) is 0 Å². The summed E-state index contributed by atoms with van der Waals surface area (Å²) in [6.45, 7) is -0.359. The van der Waals surface area contributed by atoms with Crippen LogP contribution in [0.3, 0.4) is 0 Å². The summed E-state index contributed by atoms with van der Waals surface area (Å²) in [5.74, 6) is -1.18. The molecule has 0 aliphatic heterocycles. The molecule has 28 heavy (non-hydrogen) atoms. The van der Waals surface area contributed by atoms with Gasteiger partial charge in [-0.15, -0.1) is 11.8 Å². The largest absolute Gasteiger partial charge is 0.465 e. The van der Waals surface area contributed by atoms with E-state index in [-0.39, 0.29) is 12.4 Å². The minimum Gasteiger partial charge on any atom is -0.465 e. The van der Waals surface area contributed by atoms with E-state index in [1.54, 1.807) is 24.3 Å². The number of hydrogen-bond donors (Lipinski definition) is 1. The van der Waals surface area contributed by atoms with Gasteiger partial charge in [0.2, 0.25) is 0 Å². The van der Waals surface area contributed by atoms with E-state index in [2.05, 4.69) is 22.2 Å². The molecule has 1 aliphatic carbocycles. The molecule has 0 unspecified atom stereocenters. The van der Waals surface area contributed by atoms with Crippen LogP contribution in [-0.2, 0) is 31.9 Å². The number of benzene rings is 2. The molecule has 0 radical (unpaired) electrons. The van der Waals surface area contributed by atoms with Crippen LogP contribution in [0.2, 0.25) is 0 Å². The van der Waals surface area contributed by atoms with Gasteiger partial charge in [0.1, 0.15) is 0 Å². The second kappa shape index (κ2) is 9.41. The first kappa shape index (κ1) is 19.9. The van der Waals surface area contributed by atoms with Crippen LogP contribution in [0.4, 0.5) is 5.69 Å². The fourth-order valence-electron chi connectivity index (χ4n) is 2.97. The first-order chi connectivity index (χ1) is 13.5. The summed E-state index contributed by atoms with van der Waals surface area (Å²) in [6.07, 6.45) is 3.41. The van der Waals surface area contributed by atoms with Crippen molar-refractivity contribution < 1.29 is 23.9 Å². The molecule has 3 rings (SSSR count). The normalized spacial score (nSPS) is 12.2. The monoisotopic (exact) mass is 399 g/mol. The average molecular weight is 399 g/mol. The quantitative estimate of drug-likeness (QED) is 0.569. The summed E-state index contributed by atoms with van der Waals surface area (Å²) < 4.78 is 9.64. The molecule has 1 N–H and O–H groups in total. The summed E-state index contributed by atoms with van der Waals surface area (Å²) in [5, 5.41) is 2.61. The maximum Gasteiger partial charge on any atom is 0.337 e. The SMILES string of the molecule is COC(=O)c1ccc(NC(=O)COC(=O)CSc2ccc3c(c2)CCC3)cc1. The number of methoxy groups -OCH3 is 1. The van der Waals surface area contributed by atoms with E-state index in [0.717, 1.165) is 17.7 Å². The molecule has 0 fully saturated rings. The number of carbonyl (C=O) groups is 3. The Hall–Kier alpha value is -2.80. The van der Waals surface area contributed by atoms with Crippen LogP contribution in [0, 0.1) is 0 Å². The molecule has 0 aromatic heterocycles. The van der Waals surface area contributed by atoms with Gasteiger partial charge in [0.05, 0.1) is 18.4 Å². The number of fused-ring (bicyclic) bond motifs is 1. The zero-order valence-electron chi connectivity index (χ0n) is 15.5. The summed E-state index contributed by atoms with van der Waals surface area (Å²) in [5.41, 5.74) is 3.64. The van der Waals surface area contributed by atoms with Gasteiger partial charge in [-0.05, 0) is 66.8 Å². The maximum atomic E-state index is 11.9. The molecule has 6 nitrogen and oxygen atoms in total. The highest BCUT2D eigenvalue weighted by Gasteiger charge is 2.13. The van der Waals surface area contributed by atoms with E-state index in [9.17, 15) is 14.4 Å². The van der Waals surface area contributed by atoms with Crippen LogP contribution in [0.25, 0.3) is 0 Å². The third kappa shape index (κ3) is 5.36. The number of anilines is 1. The number of esters is 2. The van der Waals surface area contributed by atoms with Crippen molar-refractivity contribution in [2.45, 2.75) is 24.2 Å². The minimum atomic E-state index is -0.451. The van der Waals surface area contributed by atoms with Crippen LogP contribution in [0.5, 0.6) is 0 Å². The predicted octanol–water partition coefficient (Wildman–Crippen LogP) is 3.24. The van der Waals surface area contributed by atoms with Gasteiger partial charge in [-0.2, -0.15) is 0 Å². The number of amides is 1. The predicted molar refractivity (Wildman–Crippen MR) is 107 cm³/mol. The van der Waals surface area contributed by atoms with E-state index in [0.29, 0.717) is 11.3 Å². The molecule has 0 spiro atoms. The standard InChI is InChI=1S/C21H21NO5S/c1-26-21(25)15-5-8-17(9-6-15)22-19(23)12-27-20(24)13-28-18-10-7-14-3-2-4-16(14)11-18/h5-11H,2-4,12-13H2,1H3,(H,22,23). The highest BCUT2D eigenvalue weighted by atomic mass is 32.2. The van der Waals surface area contributed by atoms with Crippen LogP contribution in [-0.4, -0.2) is 37.3 Å². The second-order valence-electron chi connectivity index (χ2n) is 6.35. The number of hydrogen-bond acceptors (Lipinski definition) is 6. The van der Waals surface area contributed by atoms with Gasteiger partial charge in [0.15, 0.2) is 6.61 Å². The molecule has 1 aliphatic rings. The molecule has 2 aromatic carbocycles. The van der Waals surface area contributed by atoms with Gasteiger partial charge in [0.25, 0.3) is 5.91 Å². The molecule has 0 saturated heterocycles. The van der Waals surface area contributed by atoms with Crippen LogP contribution in [0.15, 0.2) is 47.4 Å². The Kier molecular flexibility index (Phi) is 6.71. The molecular formula is C21H21NO5S. The molecular weight excluding hydrogens is 378 g/mol. The van der Waals surface area contributed by atoms with E-state index in [1.165, 1.54) is 36.4 Å². The fourth-order valence-corrected chi connectivity index (χ4v) is 3.73. The fraction of sp³-hybridized carbons (Fsp3) is 0.286.